The molecule has 23 heavy (non-hydrogen) atoms. The van der Waals surface area contributed by atoms with Crippen LogP contribution in [0.5, 0.6) is 0 Å². The van der Waals surface area contributed by atoms with Crippen molar-refractivity contribution in [3.63, 3.8) is 0 Å². The number of oxazole rings is 1. The smallest absolute Gasteiger partial charge is 0.235 e. The first-order chi connectivity index (χ1) is 11.2. The lowest BCUT2D eigenvalue weighted by Crippen LogP contribution is -2.48. The molecule has 0 saturated carbocycles. The summed E-state index contributed by atoms with van der Waals surface area (Å²) in [7, 11) is 0. The summed E-state index contributed by atoms with van der Waals surface area (Å²) in [6.07, 6.45) is 0.631. The molecule has 2 N–H and O–H groups in total. The second kappa shape index (κ2) is 5.52. The number of carbonyl (C=O) groups is 1. The first kappa shape index (κ1) is 14.0. The molecule has 0 spiro atoms. The third-order valence-corrected chi connectivity index (χ3v) is 4.35. The van der Waals surface area contributed by atoms with E-state index in [1.807, 2.05) is 41.3 Å². The van der Waals surface area contributed by atoms with Crippen molar-refractivity contribution in [1.82, 2.24) is 9.88 Å². The molecule has 0 fully saturated rings. The van der Waals surface area contributed by atoms with Gasteiger partial charge in [-0.25, -0.2) is 4.98 Å². The molecule has 5 nitrogen and oxygen atoms in total. The topological polar surface area (TPSA) is 72.4 Å². The SMILES string of the molecule is NC(=O)C1Cc2ccccc2CN1Cc1nc2ccccc2o1. The third kappa shape index (κ3) is 2.59. The van der Waals surface area contributed by atoms with Crippen LogP contribution in [0.4, 0.5) is 0 Å². The van der Waals surface area contributed by atoms with Crippen molar-refractivity contribution in [2.24, 2.45) is 5.73 Å². The van der Waals surface area contributed by atoms with Gasteiger partial charge in [0.1, 0.15) is 5.52 Å². The average Bonchev–Trinajstić information content (AvgIpc) is 2.96. The molecule has 4 rings (SSSR count). The van der Waals surface area contributed by atoms with E-state index in [1.54, 1.807) is 0 Å². The van der Waals surface area contributed by atoms with Gasteiger partial charge in [-0.05, 0) is 29.7 Å². The largest absolute Gasteiger partial charge is 0.439 e. The number of hydrogen-bond donors (Lipinski definition) is 1. The van der Waals surface area contributed by atoms with E-state index in [2.05, 4.69) is 17.1 Å². The van der Waals surface area contributed by atoms with E-state index in [0.29, 0.717) is 25.4 Å². The van der Waals surface area contributed by atoms with Gasteiger partial charge < -0.3 is 10.2 Å². The number of hydrogen-bond acceptors (Lipinski definition) is 4. The number of para-hydroxylation sites is 2. The summed E-state index contributed by atoms with van der Waals surface area (Å²) < 4.78 is 5.78. The van der Waals surface area contributed by atoms with Crippen LogP contribution in [-0.2, 0) is 24.3 Å². The summed E-state index contributed by atoms with van der Waals surface area (Å²) in [5.41, 5.74) is 9.61. The molecule has 0 bridgehead atoms. The number of benzene rings is 2. The zero-order valence-electron chi connectivity index (χ0n) is 12.6. The molecule has 0 saturated heterocycles. The second-order valence-corrected chi connectivity index (χ2v) is 5.87. The maximum Gasteiger partial charge on any atom is 0.235 e. The fourth-order valence-corrected chi connectivity index (χ4v) is 3.19. The van der Waals surface area contributed by atoms with Crippen LogP contribution in [0.1, 0.15) is 17.0 Å². The van der Waals surface area contributed by atoms with Gasteiger partial charge in [0.25, 0.3) is 0 Å². The number of fused-ring (bicyclic) bond motifs is 2. The third-order valence-electron chi connectivity index (χ3n) is 4.35. The Morgan fingerprint density at radius 1 is 1.17 bits per heavy atom. The molecule has 1 aliphatic heterocycles. The first-order valence-electron chi connectivity index (χ1n) is 7.65. The van der Waals surface area contributed by atoms with Gasteiger partial charge in [-0.1, -0.05) is 36.4 Å². The van der Waals surface area contributed by atoms with Crippen LogP contribution in [0.25, 0.3) is 11.1 Å². The molecule has 116 valence electrons. The van der Waals surface area contributed by atoms with Gasteiger partial charge >= 0.3 is 0 Å². The Hall–Kier alpha value is -2.66. The van der Waals surface area contributed by atoms with E-state index in [9.17, 15) is 4.79 Å². The van der Waals surface area contributed by atoms with Crippen LogP contribution in [0.15, 0.2) is 52.9 Å². The van der Waals surface area contributed by atoms with Crippen LogP contribution >= 0.6 is 0 Å². The number of amides is 1. The quantitative estimate of drug-likeness (QED) is 0.805. The molecule has 0 radical (unpaired) electrons. The summed E-state index contributed by atoms with van der Waals surface area (Å²) in [6.45, 7) is 1.14. The van der Waals surface area contributed by atoms with Gasteiger partial charge in [0, 0.05) is 6.54 Å². The molecule has 1 amide bonds. The van der Waals surface area contributed by atoms with Crippen LogP contribution in [0, 0.1) is 0 Å². The van der Waals surface area contributed by atoms with E-state index in [-0.39, 0.29) is 11.9 Å². The van der Waals surface area contributed by atoms with Gasteiger partial charge in [-0.2, -0.15) is 0 Å². The number of nitrogens with zero attached hydrogens (tertiary/aromatic N) is 2. The standard InChI is InChI=1S/C18H17N3O2/c19-18(22)15-9-12-5-1-2-6-13(12)10-21(15)11-17-20-14-7-3-4-8-16(14)23-17/h1-8,15H,9-11H2,(H2,19,22). The van der Waals surface area contributed by atoms with Crippen molar-refractivity contribution in [3.8, 4) is 0 Å². The van der Waals surface area contributed by atoms with Crippen molar-refractivity contribution >= 4 is 17.0 Å². The Bertz CT molecular complexity index is 838. The van der Waals surface area contributed by atoms with Gasteiger partial charge in [0.05, 0.1) is 12.6 Å². The van der Waals surface area contributed by atoms with Gasteiger partial charge in [0.2, 0.25) is 11.8 Å². The number of aromatic nitrogens is 1. The molecule has 3 aromatic rings. The summed E-state index contributed by atoms with van der Waals surface area (Å²) in [6, 6.07) is 15.5. The van der Waals surface area contributed by atoms with Crippen molar-refractivity contribution in [2.75, 3.05) is 0 Å². The fourth-order valence-electron chi connectivity index (χ4n) is 3.19. The zero-order chi connectivity index (χ0) is 15.8. The average molecular weight is 307 g/mol. The highest BCUT2D eigenvalue weighted by Crippen LogP contribution is 2.25. The monoisotopic (exact) mass is 307 g/mol. The normalized spacial score (nSPS) is 18.0. The van der Waals surface area contributed by atoms with E-state index in [4.69, 9.17) is 10.2 Å². The van der Waals surface area contributed by atoms with Crippen LogP contribution in [0.2, 0.25) is 0 Å². The number of primary amides is 1. The number of nitrogens with two attached hydrogens (primary N) is 1. The summed E-state index contributed by atoms with van der Waals surface area (Å²) in [5, 5.41) is 0. The van der Waals surface area contributed by atoms with Gasteiger partial charge in [-0.3, -0.25) is 9.69 Å². The number of rotatable bonds is 3. The maximum atomic E-state index is 11.9. The molecular weight excluding hydrogens is 290 g/mol. The Morgan fingerprint density at radius 3 is 2.70 bits per heavy atom. The summed E-state index contributed by atoms with van der Waals surface area (Å²) in [4.78, 5) is 18.4. The lowest BCUT2D eigenvalue weighted by atomic mass is 9.93. The molecule has 2 aromatic carbocycles. The Kier molecular flexibility index (Phi) is 3.35. The lowest BCUT2D eigenvalue weighted by molar-refractivity contribution is -0.124. The highest BCUT2D eigenvalue weighted by atomic mass is 16.3. The molecule has 1 aromatic heterocycles. The van der Waals surface area contributed by atoms with Crippen molar-refractivity contribution in [1.29, 1.82) is 0 Å². The van der Waals surface area contributed by atoms with Crippen molar-refractivity contribution in [2.45, 2.75) is 25.6 Å². The van der Waals surface area contributed by atoms with Crippen molar-refractivity contribution in [3.05, 3.63) is 65.5 Å². The minimum Gasteiger partial charge on any atom is -0.439 e. The Labute approximate surface area is 133 Å². The molecule has 5 heteroatoms. The molecular formula is C18H17N3O2. The van der Waals surface area contributed by atoms with Crippen LogP contribution in [-0.4, -0.2) is 21.8 Å². The molecule has 1 aliphatic rings. The highest BCUT2D eigenvalue weighted by Gasteiger charge is 2.30. The first-order valence-corrected chi connectivity index (χ1v) is 7.65. The van der Waals surface area contributed by atoms with E-state index in [0.717, 1.165) is 11.1 Å². The predicted molar refractivity (Wildman–Crippen MR) is 86.4 cm³/mol. The van der Waals surface area contributed by atoms with Gasteiger partial charge in [0.15, 0.2) is 5.58 Å². The molecule has 1 unspecified atom stereocenters. The van der Waals surface area contributed by atoms with E-state index < -0.39 is 0 Å². The molecule has 1 atom stereocenters. The van der Waals surface area contributed by atoms with Crippen LogP contribution < -0.4 is 5.73 Å². The molecule has 0 aliphatic carbocycles. The van der Waals surface area contributed by atoms with Gasteiger partial charge in [-0.15, -0.1) is 0 Å². The lowest BCUT2D eigenvalue weighted by Gasteiger charge is -2.34. The Morgan fingerprint density at radius 2 is 1.91 bits per heavy atom. The number of carbonyl (C=O) groups excluding carboxylic acids is 1. The predicted octanol–water partition coefficient (Wildman–Crippen LogP) is 2.24. The minimum atomic E-state index is -0.333. The maximum absolute atomic E-state index is 11.9. The van der Waals surface area contributed by atoms with E-state index in [1.165, 1.54) is 11.1 Å². The fraction of sp³-hybridized carbons (Fsp3) is 0.222. The van der Waals surface area contributed by atoms with Crippen molar-refractivity contribution < 1.29 is 9.21 Å². The summed E-state index contributed by atoms with van der Waals surface area (Å²) in [5.74, 6) is 0.299. The van der Waals surface area contributed by atoms with Crippen LogP contribution in [0.3, 0.4) is 0 Å². The molecule has 2 heterocycles. The zero-order valence-corrected chi connectivity index (χ0v) is 12.6. The highest BCUT2D eigenvalue weighted by molar-refractivity contribution is 5.80. The minimum absolute atomic E-state index is 0.310. The second-order valence-electron chi connectivity index (χ2n) is 5.87. The van der Waals surface area contributed by atoms with E-state index >= 15 is 0 Å². The summed E-state index contributed by atoms with van der Waals surface area (Å²) >= 11 is 0. The Balaban J connectivity index is 1.64.